The van der Waals surface area contributed by atoms with Crippen LogP contribution in [0.2, 0.25) is 5.02 Å². The number of halogens is 1. The van der Waals surface area contributed by atoms with Crippen LogP contribution in [0, 0.1) is 12.3 Å². The minimum atomic E-state index is -0.652. The normalized spacial score (nSPS) is 14.7. The number of carbonyl (C=O) groups is 3. The Bertz CT molecular complexity index is 1050. The van der Waals surface area contributed by atoms with Crippen LogP contribution in [0.1, 0.15) is 21.9 Å². The van der Waals surface area contributed by atoms with Crippen LogP contribution >= 0.6 is 11.6 Å². The number of urea groups is 1. The van der Waals surface area contributed by atoms with Crippen molar-refractivity contribution in [2.75, 3.05) is 13.7 Å². The fourth-order valence-corrected chi connectivity index (χ4v) is 2.80. The van der Waals surface area contributed by atoms with Gasteiger partial charge in [-0.25, -0.2) is 9.59 Å². The number of esters is 1. The van der Waals surface area contributed by atoms with Crippen molar-refractivity contribution in [1.29, 1.82) is 0 Å². The van der Waals surface area contributed by atoms with Crippen molar-refractivity contribution in [3.63, 3.8) is 0 Å². The Labute approximate surface area is 171 Å². The van der Waals surface area contributed by atoms with Gasteiger partial charge in [-0.3, -0.25) is 9.69 Å². The zero-order chi connectivity index (χ0) is 21.0. The summed E-state index contributed by atoms with van der Waals surface area (Å²) in [7, 11) is 1.22. The molecule has 3 amide bonds. The van der Waals surface area contributed by atoms with Crippen LogP contribution in [0.5, 0.6) is 5.75 Å². The summed E-state index contributed by atoms with van der Waals surface area (Å²) in [4.78, 5) is 37.2. The van der Waals surface area contributed by atoms with Crippen LogP contribution in [0.4, 0.5) is 4.79 Å². The SMILES string of the molecule is C#CCOc1ccc(/C=C2\NC(=O)N(Cc3ccc(C(=O)OC)o3)C2=O)cc1Cl. The molecule has 1 aliphatic heterocycles. The maximum absolute atomic E-state index is 12.6. The monoisotopic (exact) mass is 414 g/mol. The highest BCUT2D eigenvalue weighted by Crippen LogP contribution is 2.27. The average Bonchev–Trinajstić information content (AvgIpc) is 3.27. The number of methoxy groups -OCH3 is 1. The smallest absolute Gasteiger partial charge is 0.373 e. The van der Waals surface area contributed by atoms with Gasteiger partial charge in [0.05, 0.1) is 18.7 Å². The van der Waals surface area contributed by atoms with Gasteiger partial charge in [-0.15, -0.1) is 6.42 Å². The molecular weight excluding hydrogens is 400 g/mol. The number of imide groups is 1. The summed E-state index contributed by atoms with van der Waals surface area (Å²) in [5.41, 5.74) is 0.655. The summed E-state index contributed by atoms with van der Waals surface area (Å²) >= 11 is 6.14. The van der Waals surface area contributed by atoms with Gasteiger partial charge in [0, 0.05) is 0 Å². The zero-order valence-corrected chi connectivity index (χ0v) is 16.0. The lowest BCUT2D eigenvalue weighted by Gasteiger charge is -2.09. The van der Waals surface area contributed by atoms with E-state index in [9.17, 15) is 14.4 Å². The molecule has 1 aromatic heterocycles. The minimum absolute atomic E-state index is 0.0212. The second kappa shape index (κ2) is 8.54. The van der Waals surface area contributed by atoms with Gasteiger partial charge in [0.2, 0.25) is 5.76 Å². The largest absolute Gasteiger partial charge is 0.479 e. The molecule has 0 spiro atoms. The van der Waals surface area contributed by atoms with Gasteiger partial charge in [0.25, 0.3) is 5.91 Å². The number of rotatable bonds is 6. The summed E-state index contributed by atoms with van der Waals surface area (Å²) < 4.78 is 15.1. The molecule has 0 aliphatic carbocycles. The maximum Gasteiger partial charge on any atom is 0.373 e. The molecule has 1 saturated heterocycles. The van der Waals surface area contributed by atoms with E-state index in [4.69, 9.17) is 27.2 Å². The molecule has 1 aromatic carbocycles. The van der Waals surface area contributed by atoms with Crippen molar-refractivity contribution in [1.82, 2.24) is 10.2 Å². The third kappa shape index (κ3) is 4.42. The summed E-state index contributed by atoms with van der Waals surface area (Å²) in [5.74, 6) is 1.79. The lowest BCUT2D eigenvalue weighted by molar-refractivity contribution is -0.123. The Kier molecular flexibility index (Phi) is 5.90. The van der Waals surface area contributed by atoms with Crippen LogP contribution in [-0.2, 0) is 16.1 Å². The molecule has 8 nitrogen and oxygen atoms in total. The second-order valence-corrected chi connectivity index (χ2v) is 6.23. The Morgan fingerprint density at radius 1 is 1.34 bits per heavy atom. The van der Waals surface area contributed by atoms with E-state index in [0.717, 1.165) is 4.90 Å². The number of furan rings is 1. The van der Waals surface area contributed by atoms with Crippen LogP contribution < -0.4 is 10.1 Å². The van der Waals surface area contributed by atoms with Crippen LogP contribution in [0.25, 0.3) is 6.08 Å². The number of benzene rings is 1. The number of amides is 3. The van der Waals surface area contributed by atoms with E-state index in [-0.39, 0.29) is 30.4 Å². The Morgan fingerprint density at radius 3 is 2.83 bits per heavy atom. The zero-order valence-electron chi connectivity index (χ0n) is 15.2. The molecular formula is C20H15ClN2O6. The summed E-state index contributed by atoms with van der Waals surface area (Å²) in [6, 6.07) is 7.14. The van der Waals surface area contributed by atoms with Gasteiger partial charge in [0.1, 0.15) is 23.8 Å². The topological polar surface area (TPSA) is 98.1 Å². The summed E-state index contributed by atoms with van der Waals surface area (Å²) in [6.45, 7) is -0.0627. The van der Waals surface area contributed by atoms with Gasteiger partial charge < -0.3 is 19.2 Å². The molecule has 3 rings (SSSR count). The fourth-order valence-electron chi connectivity index (χ4n) is 2.55. The van der Waals surface area contributed by atoms with E-state index in [1.165, 1.54) is 25.3 Å². The van der Waals surface area contributed by atoms with Crippen LogP contribution in [0.3, 0.4) is 0 Å². The van der Waals surface area contributed by atoms with Gasteiger partial charge in [-0.1, -0.05) is 23.6 Å². The Morgan fingerprint density at radius 2 is 2.14 bits per heavy atom. The first-order chi connectivity index (χ1) is 13.9. The number of terminal acetylenes is 1. The molecule has 29 heavy (non-hydrogen) atoms. The van der Waals surface area contributed by atoms with Gasteiger partial charge in [0.15, 0.2) is 0 Å². The first-order valence-corrected chi connectivity index (χ1v) is 8.68. The highest BCUT2D eigenvalue weighted by molar-refractivity contribution is 6.32. The number of hydrogen-bond donors (Lipinski definition) is 1. The van der Waals surface area contributed by atoms with E-state index in [1.54, 1.807) is 18.2 Å². The van der Waals surface area contributed by atoms with Crippen molar-refractivity contribution >= 4 is 35.6 Å². The van der Waals surface area contributed by atoms with E-state index in [0.29, 0.717) is 16.3 Å². The van der Waals surface area contributed by atoms with Crippen molar-refractivity contribution in [2.24, 2.45) is 0 Å². The molecule has 2 heterocycles. The van der Waals surface area contributed by atoms with E-state index in [1.807, 2.05) is 0 Å². The second-order valence-electron chi connectivity index (χ2n) is 5.82. The highest BCUT2D eigenvalue weighted by atomic mass is 35.5. The predicted octanol–water partition coefficient (Wildman–Crippen LogP) is 2.82. The van der Waals surface area contributed by atoms with E-state index >= 15 is 0 Å². The fraction of sp³-hybridized carbons (Fsp3) is 0.150. The molecule has 148 valence electrons. The Hall–Kier alpha value is -3.70. The molecule has 2 aromatic rings. The molecule has 1 N–H and O–H groups in total. The Balaban J connectivity index is 1.74. The van der Waals surface area contributed by atoms with Crippen molar-refractivity contribution < 1.29 is 28.3 Å². The number of ether oxygens (including phenoxy) is 2. The molecule has 0 radical (unpaired) electrons. The number of nitrogens with one attached hydrogen (secondary N) is 1. The van der Waals surface area contributed by atoms with Crippen molar-refractivity contribution in [2.45, 2.75) is 6.54 Å². The third-order valence-electron chi connectivity index (χ3n) is 3.90. The molecule has 9 heteroatoms. The lowest BCUT2D eigenvalue weighted by Crippen LogP contribution is -2.30. The van der Waals surface area contributed by atoms with Crippen molar-refractivity contribution in [3.8, 4) is 18.1 Å². The first-order valence-electron chi connectivity index (χ1n) is 8.30. The number of carbonyl (C=O) groups excluding carboxylic acids is 3. The predicted molar refractivity (Wildman–Crippen MR) is 103 cm³/mol. The summed E-state index contributed by atoms with van der Waals surface area (Å²) in [6.07, 6.45) is 6.63. The first kappa shape index (κ1) is 20.0. The number of hydrogen-bond acceptors (Lipinski definition) is 6. The number of nitrogens with zero attached hydrogens (tertiary/aromatic N) is 1. The molecule has 0 bridgehead atoms. The van der Waals surface area contributed by atoms with E-state index in [2.05, 4.69) is 16.0 Å². The van der Waals surface area contributed by atoms with Crippen molar-refractivity contribution in [3.05, 3.63) is 58.1 Å². The average molecular weight is 415 g/mol. The van der Waals surface area contributed by atoms with Gasteiger partial charge >= 0.3 is 12.0 Å². The maximum atomic E-state index is 12.6. The van der Waals surface area contributed by atoms with Crippen LogP contribution in [-0.4, -0.2) is 36.5 Å². The molecule has 0 unspecified atom stereocenters. The summed E-state index contributed by atoms with van der Waals surface area (Å²) in [5, 5.41) is 2.81. The standard InChI is InChI=1S/C20H15ClN2O6/c1-3-8-28-16-6-4-12(9-14(16)21)10-15-18(24)23(20(26)22-15)11-13-5-7-17(29-13)19(25)27-2/h1,4-7,9-10H,8,11H2,2H3,(H,22,26)/b15-10-. The van der Waals surface area contributed by atoms with Gasteiger partial charge in [-0.05, 0) is 35.9 Å². The molecule has 0 atom stereocenters. The molecule has 0 saturated carbocycles. The van der Waals surface area contributed by atoms with Crippen LogP contribution in [0.15, 0.2) is 40.4 Å². The quantitative estimate of drug-likeness (QED) is 0.338. The van der Waals surface area contributed by atoms with E-state index < -0.39 is 17.9 Å². The molecule has 1 aliphatic rings. The molecule has 1 fully saturated rings. The highest BCUT2D eigenvalue weighted by Gasteiger charge is 2.34. The minimum Gasteiger partial charge on any atom is -0.479 e. The van der Waals surface area contributed by atoms with Gasteiger partial charge in [-0.2, -0.15) is 0 Å². The lowest BCUT2D eigenvalue weighted by atomic mass is 10.2. The third-order valence-corrected chi connectivity index (χ3v) is 4.20.